The first-order valence-corrected chi connectivity index (χ1v) is 11.2. The zero-order chi connectivity index (χ0) is 24.0. The van der Waals surface area contributed by atoms with Crippen LogP contribution in [0.25, 0.3) is 0 Å². The smallest absolute Gasteiger partial charge is 0.295 e. The van der Waals surface area contributed by atoms with Crippen LogP contribution < -0.4 is 19.6 Å². The molecule has 178 valence electrons. The van der Waals surface area contributed by atoms with Crippen molar-refractivity contribution in [1.29, 1.82) is 0 Å². The van der Waals surface area contributed by atoms with Crippen molar-refractivity contribution in [2.24, 2.45) is 5.10 Å². The molecular weight excluding hydrogens is 456 g/mol. The molecule has 1 aliphatic rings. The molecule has 0 aliphatic carbocycles. The molecule has 0 aromatic heterocycles. The Hall–Kier alpha value is -3.42. The molecule has 0 radical (unpaired) electrons. The fourth-order valence-corrected chi connectivity index (χ4v) is 4.61. The van der Waals surface area contributed by atoms with Crippen molar-refractivity contribution >= 4 is 27.6 Å². The van der Waals surface area contributed by atoms with Crippen molar-refractivity contribution in [2.75, 3.05) is 53.1 Å². The highest BCUT2D eigenvalue weighted by Crippen LogP contribution is 2.33. The van der Waals surface area contributed by atoms with Crippen molar-refractivity contribution in [1.82, 2.24) is 4.31 Å². The van der Waals surface area contributed by atoms with Gasteiger partial charge in [-0.05, 0) is 12.1 Å². The Bertz CT molecular complexity index is 1120. The summed E-state index contributed by atoms with van der Waals surface area (Å²) in [4.78, 5) is 10.8. The van der Waals surface area contributed by atoms with Gasteiger partial charge in [0.15, 0.2) is 0 Å². The number of rotatable bonds is 9. The lowest BCUT2D eigenvalue weighted by Gasteiger charge is -2.26. The number of ether oxygens (including phenoxy) is 4. The summed E-state index contributed by atoms with van der Waals surface area (Å²) < 4.78 is 47.9. The van der Waals surface area contributed by atoms with Crippen LogP contribution in [0.2, 0.25) is 0 Å². The van der Waals surface area contributed by atoms with Crippen LogP contribution in [0.5, 0.6) is 17.2 Å². The van der Waals surface area contributed by atoms with Crippen LogP contribution in [0.1, 0.15) is 5.56 Å². The summed E-state index contributed by atoms with van der Waals surface area (Å²) in [5.74, 6) is 1.35. The number of nitrogens with one attached hydrogen (secondary N) is 1. The Balaban J connectivity index is 1.89. The van der Waals surface area contributed by atoms with Gasteiger partial charge in [-0.3, -0.25) is 15.5 Å². The highest BCUT2D eigenvalue weighted by Gasteiger charge is 2.28. The third kappa shape index (κ3) is 5.32. The number of anilines is 1. The van der Waals surface area contributed by atoms with Gasteiger partial charge >= 0.3 is 0 Å². The van der Waals surface area contributed by atoms with Gasteiger partial charge in [0.1, 0.15) is 22.9 Å². The van der Waals surface area contributed by atoms with Crippen molar-refractivity contribution in [2.45, 2.75) is 4.90 Å². The number of hydrogen-bond acceptors (Lipinski definition) is 10. The quantitative estimate of drug-likeness (QED) is 0.324. The van der Waals surface area contributed by atoms with Crippen LogP contribution >= 0.6 is 0 Å². The first kappa shape index (κ1) is 24.2. The van der Waals surface area contributed by atoms with Crippen LogP contribution in [-0.2, 0) is 14.8 Å². The Morgan fingerprint density at radius 2 is 1.73 bits per heavy atom. The molecule has 2 aromatic carbocycles. The van der Waals surface area contributed by atoms with E-state index in [1.165, 1.54) is 44.0 Å². The molecule has 13 heteroatoms. The topological polar surface area (TPSA) is 142 Å². The molecule has 1 saturated heterocycles. The molecule has 0 amide bonds. The van der Waals surface area contributed by atoms with Gasteiger partial charge in [-0.2, -0.15) is 9.41 Å². The largest absolute Gasteiger partial charge is 0.496 e. The van der Waals surface area contributed by atoms with Gasteiger partial charge in [0.2, 0.25) is 10.0 Å². The molecule has 33 heavy (non-hydrogen) atoms. The normalized spacial score (nSPS) is 14.8. The maximum absolute atomic E-state index is 12.8. The van der Waals surface area contributed by atoms with E-state index in [0.29, 0.717) is 22.8 Å². The lowest BCUT2D eigenvalue weighted by Crippen LogP contribution is -2.40. The molecule has 3 rings (SSSR count). The van der Waals surface area contributed by atoms with Gasteiger partial charge in [0.25, 0.3) is 5.69 Å². The summed E-state index contributed by atoms with van der Waals surface area (Å²) in [5.41, 5.74) is 2.65. The average molecular weight is 480 g/mol. The van der Waals surface area contributed by atoms with Gasteiger partial charge in [-0.1, -0.05) is 0 Å². The molecule has 1 aliphatic heterocycles. The average Bonchev–Trinajstić information content (AvgIpc) is 2.84. The Kier molecular flexibility index (Phi) is 7.68. The summed E-state index contributed by atoms with van der Waals surface area (Å²) in [6, 6.07) is 6.88. The number of nitrogens with zero attached hydrogens (tertiary/aromatic N) is 3. The number of benzene rings is 2. The molecule has 0 bridgehead atoms. The predicted molar refractivity (Wildman–Crippen MR) is 120 cm³/mol. The van der Waals surface area contributed by atoms with Crippen molar-refractivity contribution in [3.8, 4) is 17.2 Å². The van der Waals surface area contributed by atoms with Crippen LogP contribution in [-0.4, -0.2) is 71.5 Å². The van der Waals surface area contributed by atoms with Crippen LogP contribution in [0.4, 0.5) is 11.4 Å². The van der Waals surface area contributed by atoms with E-state index < -0.39 is 20.6 Å². The molecule has 2 aromatic rings. The fraction of sp³-hybridized carbons (Fsp3) is 0.350. The van der Waals surface area contributed by atoms with Crippen molar-refractivity contribution in [3.05, 3.63) is 46.0 Å². The van der Waals surface area contributed by atoms with Crippen LogP contribution in [0.3, 0.4) is 0 Å². The minimum Gasteiger partial charge on any atom is -0.496 e. The summed E-state index contributed by atoms with van der Waals surface area (Å²) in [7, 11) is 0.560. The van der Waals surface area contributed by atoms with E-state index in [1.54, 1.807) is 12.1 Å². The number of nitro groups is 1. The number of nitro benzene ring substituents is 1. The van der Waals surface area contributed by atoms with Gasteiger partial charge in [0.05, 0.1) is 56.1 Å². The predicted octanol–water partition coefficient (Wildman–Crippen LogP) is 2.09. The maximum Gasteiger partial charge on any atom is 0.295 e. The number of morpholine rings is 1. The first-order chi connectivity index (χ1) is 15.8. The minimum atomic E-state index is -3.89. The van der Waals surface area contributed by atoms with Crippen LogP contribution in [0.15, 0.2) is 40.3 Å². The Morgan fingerprint density at radius 1 is 1.09 bits per heavy atom. The number of hydrazone groups is 1. The van der Waals surface area contributed by atoms with Crippen molar-refractivity contribution in [3.63, 3.8) is 0 Å². The second-order valence-electron chi connectivity index (χ2n) is 6.77. The monoisotopic (exact) mass is 480 g/mol. The first-order valence-electron chi connectivity index (χ1n) is 9.77. The second-order valence-corrected chi connectivity index (χ2v) is 8.71. The molecule has 12 nitrogen and oxygen atoms in total. The molecule has 0 saturated carbocycles. The molecular formula is C20H24N4O8S. The highest BCUT2D eigenvalue weighted by atomic mass is 32.2. The summed E-state index contributed by atoms with van der Waals surface area (Å²) in [6.45, 7) is 0.916. The van der Waals surface area contributed by atoms with Gasteiger partial charge in [-0.15, -0.1) is 0 Å². The maximum atomic E-state index is 12.8. The molecule has 0 spiro atoms. The molecule has 0 unspecified atom stereocenters. The van der Waals surface area contributed by atoms with Gasteiger partial charge in [0, 0.05) is 31.3 Å². The highest BCUT2D eigenvalue weighted by molar-refractivity contribution is 7.89. The Labute approximate surface area is 190 Å². The van der Waals surface area contributed by atoms with Crippen LogP contribution in [0, 0.1) is 10.1 Å². The van der Waals surface area contributed by atoms with E-state index in [-0.39, 0.29) is 36.9 Å². The fourth-order valence-electron chi connectivity index (χ4n) is 3.18. The molecule has 0 atom stereocenters. The van der Waals surface area contributed by atoms with E-state index in [9.17, 15) is 18.5 Å². The van der Waals surface area contributed by atoms with E-state index in [2.05, 4.69) is 10.5 Å². The SMILES string of the molecule is COc1cc(OC)c(/C=N\Nc2ccc(S(=O)(=O)N3CCOCC3)cc2[N+](=O)[O-])c(OC)c1. The summed E-state index contributed by atoms with van der Waals surface area (Å²) in [5, 5.41) is 15.7. The zero-order valence-corrected chi connectivity index (χ0v) is 19.1. The summed E-state index contributed by atoms with van der Waals surface area (Å²) in [6.07, 6.45) is 1.37. The number of sulfonamides is 1. The molecule has 1 fully saturated rings. The van der Waals surface area contributed by atoms with E-state index >= 15 is 0 Å². The minimum absolute atomic E-state index is 0.0172. The zero-order valence-electron chi connectivity index (χ0n) is 18.3. The third-order valence-electron chi connectivity index (χ3n) is 4.91. The third-order valence-corrected chi connectivity index (χ3v) is 6.80. The second kappa shape index (κ2) is 10.5. The number of hydrogen-bond donors (Lipinski definition) is 1. The lowest BCUT2D eigenvalue weighted by molar-refractivity contribution is -0.384. The standard InChI is InChI=1S/C20H24N4O8S/c1-29-14-10-19(30-2)16(20(11-14)31-3)13-21-22-17-5-4-15(12-18(17)24(25)26)33(27,28)23-6-8-32-9-7-23/h4-5,10-13,22H,6-9H2,1-3H3/b21-13-. The van der Waals surface area contributed by atoms with Gasteiger partial charge < -0.3 is 18.9 Å². The van der Waals surface area contributed by atoms with Crippen molar-refractivity contribution < 1.29 is 32.3 Å². The van der Waals surface area contributed by atoms with E-state index in [1.807, 2.05) is 0 Å². The van der Waals surface area contributed by atoms with E-state index in [4.69, 9.17) is 18.9 Å². The van der Waals surface area contributed by atoms with E-state index in [0.717, 1.165) is 6.07 Å². The summed E-state index contributed by atoms with van der Waals surface area (Å²) >= 11 is 0. The molecule has 1 N–H and O–H groups in total. The molecule has 1 heterocycles. The lowest BCUT2D eigenvalue weighted by atomic mass is 10.2. The Morgan fingerprint density at radius 3 is 2.27 bits per heavy atom. The van der Waals surface area contributed by atoms with Gasteiger partial charge in [-0.25, -0.2) is 8.42 Å². The number of methoxy groups -OCH3 is 3.